The van der Waals surface area contributed by atoms with Gasteiger partial charge in [0.2, 0.25) is 5.91 Å². The zero-order valence-corrected chi connectivity index (χ0v) is 15.8. The van der Waals surface area contributed by atoms with Crippen LogP contribution in [0.5, 0.6) is 0 Å². The Bertz CT molecular complexity index is 807. The predicted molar refractivity (Wildman–Crippen MR) is 99.6 cm³/mol. The summed E-state index contributed by atoms with van der Waals surface area (Å²) < 4.78 is 1.61. The number of aryl methyl sites for hydroxylation is 2. The lowest BCUT2D eigenvalue weighted by Crippen LogP contribution is -2.51. The smallest absolute Gasteiger partial charge is 0.260 e. The van der Waals surface area contributed by atoms with Crippen LogP contribution in [-0.2, 0) is 21.5 Å². The molecule has 0 saturated heterocycles. The predicted octanol–water partition coefficient (Wildman–Crippen LogP) is 2.81. The van der Waals surface area contributed by atoms with E-state index in [1.165, 1.54) is 0 Å². The van der Waals surface area contributed by atoms with Crippen LogP contribution < -0.4 is 10.9 Å². The molecule has 0 spiro atoms. The van der Waals surface area contributed by atoms with E-state index in [-0.39, 0.29) is 18.4 Å². The van der Waals surface area contributed by atoms with E-state index in [0.717, 1.165) is 42.6 Å². The van der Waals surface area contributed by atoms with Crippen LogP contribution in [0, 0.1) is 13.8 Å². The first-order valence-electron chi connectivity index (χ1n) is 8.77. The minimum Gasteiger partial charge on any atom is -0.272 e. The Labute approximate surface area is 157 Å². The van der Waals surface area contributed by atoms with Gasteiger partial charge in [-0.05, 0) is 50.5 Å². The number of halogens is 1. The number of benzene rings is 1. The number of nitrogens with zero attached hydrogens (tertiary/aromatic N) is 2. The fraction of sp³-hybridized carbons (Fsp3) is 0.421. The third-order valence-electron chi connectivity index (χ3n) is 5.00. The van der Waals surface area contributed by atoms with Crippen LogP contribution in [0.1, 0.15) is 42.6 Å². The number of carbonyl (C=O) groups is 2. The van der Waals surface area contributed by atoms with Gasteiger partial charge in [-0.15, -0.1) is 0 Å². The van der Waals surface area contributed by atoms with E-state index in [0.29, 0.717) is 5.02 Å². The average Bonchev–Trinajstić information content (AvgIpc) is 3.21. The summed E-state index contributed by atoms with van der Waals surface area (Å²) in [5.41, 5.74) is 7.21. The third kappa shape index (κ3) is 3.75. The molecule has 3 rings (SSSR count). The third-order valence-corrected chi connectivity index (χ3v) is 5.25. The van der Waals surface area contributed by atoms with Crippen molar-refractivity contribution < 1.29 is 9.59 Å². The minimum absolute atomic E-state index is 0.0634. The lowest BCUT2D eigenvalue weighted by atomic mass is 9.78. The van der Waals surface area contributed by atoms with E-state index in [4.69, 9.17) is 11.6 Å². The van der Waals surface area contributed by atoms with Crippen molar-refractivity contribution in [3.05, 3.63) is 52.3 Å². The molecular formula is C19H23ClN4O2. The van der Waals surface area contributed by atoms with Gasteiger partial charge in [-0.3, -0.25) is 25.1 Å². The number of rotatable bonds is 4. The highest BCUT2D eigenvalue weighted by molar-refractivity contribution is 6.30. The normalized spacial score (nSPS) is 15.7. The lowest BCUT2D eigenvalue weighted by Gasteiger charge is -2.28. The van der Waals surface area contributed by atoms with Gasteiger partial charge in [0.25, 0.3) is 5.91 Å². The van der Waals surface area contributed by atoms with Gasteiger partial charge >= 0.3 is 0 Å². The van der Waals surface area contributed by atoms with Crippen LogP contribution in [0.25, 0.3) is 0 Å². The highest BCUT2D eigenvalue weighted by Crippen LogP contribution is 2.41. The largest absolute Gasteiger partial charge is 0.272 e. The first-order valence-corrected chi connectivity index (χ1v) is 9.15. The quantitative estimate of drug-likeness (QED) is 0.808. The van der Waals surface area contributed by atoms with E-state index < -0.39 is 5.41 Å². The zero-order valence-electron chi connectivity index (χ0n) is 15.0. The van der Waals surface area contributed by atoms with Crippen molar-refractivity contribution >= 4 is 23.4 Å². The van der Waals surface area contributed by atoms with E-state index in [1.54, 1.807) is 16.8 Å². The molecule has 2 N–H and O–H groups in total. The molecule has 1 aromatic carbocycles. The van der Waals surface area contributed by atoms with Gasteiger partial charge in [0.05, 0.1) is 11.1 Å². The maximum atomic E-state index is 12.9. The summed E-state index contributed by atoms with van der Waals surface area (Å²) in [6.07, 6.45) is 3.48. The zero-order chi connectivity index (χ0) is 18.7. The molecule has 0 unspecified atom stereocenters. The molecule has 0 radical (unpaired) electrons. The summed E-state index contributed by atoms with van der Waals surface area (Å²) >= 11 is 5.97. The maximum absolute atomic E-state index is 12.9. The Morgan fingerprint density at radius 1 is 1.15 bits per heavy atom. The summed E-state index contributed by atoms with van der Waals surface area (Å²) in [4.78, 5) is 25.1. The molecule has 1 saturated carbocycles. The van der Waals surface area contributed by atoms with Gasteiger partial charge in [0.1, 0.15) is 6.54 Å². The molecule has 0 atom stereocenters. The molecule has 26 heavy (non-hydrogen) atoms. The van der Waals surface area contributed by atoms with Gasteiger partial charge < -0.3 is 0 Å². The highest BCUT2D eigenvalue weighted by atomic mass is 35.5. The van der Waals surface area contributed by atoms with Crippen molar-refractivity contribution in [3.63, 3.8) is 0 Å². The van der Waals surface area contributed by atoms with Gasteiger partial charge in [-0.1, -0.05) is 36.6 Å². The summed E-state index contributed by atoms with van der Waals surface area (Å²) in [5, 5.41) is 4.89. The van der Waals surface area contributed by atoms with Crippen molar-refractivity contribution in [1.82, 2.24) is 20.6 Å². The number of amides is 2. The molecule has 0 aliphatic heterocycles. The van der Waals surface area contributed by atoms with Crippen molar-refractivity contribution in [3.8, 4) is 0 Å². The number of nitrogens with one attached hydrogen (secondary N) is 2. The summed E-state index contributed by atoms with van der Waals surface area (Å²) in [7, 11) is 0. The Morgan fingerprint density at radius 3 is 2.38 bits per heavy atom. The lowest BCUT2D eigenvalue weighted by molar-refractivity contribution is -0.132. The van der Waals surface area contributed by atoms with Gasteiger partial charge in [0.15, 0.2) is 0 Å². The molecule has 1 aliphatic rings. The number of aromatic nitrogens is 2. The van der Waals surface area contributed by atoms with Crippen molar-refractivity contribution in [1.29, 1.82) is 0 Å². The first kappa shape index (κ1) is 18.5. The van der Waals surface area contributed by atoms with E-state index in [9.17, 15) is 9.59 Å². The molecule has 2 amide bonds. The second-order valence-corrected chi connectivity index (χ2v) is 7.32. The summed E-state index contributed by atoms with van der Waals surface area (Å²) in [6, 6.07) is 9.28. The van der Waals surface area contributed by atoms with E-state index in [1.807, 2.05) is 32.0 Å². The standard InChI is InChI=1S/C19H23ClN4O2/c1-13-11-14(2)24(23-13)12-17(25)21-22-18(26)19(9-3-4-10-19)15-5-7-16(20)8-6-15/h5-8,11H,3-4,9-10,12H2,1-2H3,(H,21,25)(H,22,26). The van der Waals surface area contributed by atoms with Crippen LogP contribution in [0.4, 0.5) is 0 Å². The molecule has 1 aromatic heterocycles. The van der Waals surface area contributed by atoms with Crippen LogP contribution in [-0.4, -0.2) is 21.6 Å². The fourth-order valence-corrected chi connectivity index (χ4v) is 3.78. The molecule has 138 valence electrons. The summed E-state index contributed by atoms with van der Waals surface area (Å²) in [6.45, 7) is 3.83. The topological polar surface area (TPSA) is 76.0 Å². The van der Waals surface area contributed by atoms with Crippen LogP contribution in [0.2, 0.25) is 5.02 Å². The number of hydrogen-bond donors (Lipinski definition) is 2. The second-order valence-electron chi connectivity index (χ2n) is 6.88. The Hall–Kier alpha value is -2.34. The number of hydrazine groups is 1. The Kier molecular flexibility index (Phi) is 5.32. The molecule has 6 nitrogen and oxygen atoms in total. The minimum atomic E-state index is -0.615. The van der Waals surface area contributed by atoms with Crippen LogP contribution >= 0.6 is 11.6 Å². The Balaban J connectivity index is 1.66. The van der Waals surface area contributed by atoms with E-state index >= 15 is 0 Å². The molecule has 7 heteroatoms. The molecule has 1 fully saturated rings. The van der Waals surface area contributed by atoms with E-state index in [2.05, 4.69) is 16.0 Å². The highest BCUT2D eigenvalue weighted by Gasteiger charge is 2.42. The Morgan fingerprint density at radius 2 is 1.81 bits per heavy atom. The first-order chi connectivity index (χ1) is 12.4. The van der Waals surface area contributed by atoms with Crippen molar-refractivity contribution in [2.45, 2.75) is 51.5 Å². The SMILES string of the molecule is Cc1cc(C)n(CC(=O)NNC(=O)C2(c3ccc(Cl)cc3)CCCC2)n1. The molecule has 1 heterocycles. The van der Waals surface area contributed by atoms with Crippen molar-refractivity contribution in [2.75, 3.05) is 0 Å². The number of carbonyl (C=O) groups excluding carboxylic acids is 2. The monoisotopic (exact) mass is 374 g/mol. The molecular weight excluding hydrogens is 352 g/mol. The van der Waals surface area contributed by atoms with Gasteiger partial charge in [0, 0.05) is 10.7 Å². The fourth-order valence-electron chi connectivity index (χ4n) is 3.65. The maximum Gasteiger partial charge on any atom is 0.260 e. The molecule has 1 aliphatic carbocycles. The van der Waals surface area contributed by atoms with Crippen molar-refractivity contribution in [2.24, 2.45) is 0 Å². The number of hydrogen-bond acceptors (Lipinski definition) is 3. The molecule has 0 bridgehead atoms. The van der Waals surface area contributed by atoms with Crippen LogP contribution in [0.15, 0.2) is 30.3 Å². The van der Waals surface area contributed by atoms with Gasteiger partial charge in [-0.2, -0.15) is 5.10 Å². The van der Waals surface area contributed by atoms with Crippen LogP contribution in [0.3, 0.4) is 0 Å². The summed E-state index contributed by atoms with van der Waals surface area (Å²) in [5.74, 6) is -0.493. The van der Waals surface area contributed by atoms with Gasteiger partial charge in [-0.25, -0.2) is 0 Å². The average molecular weight is 375 g/mol. The second kappa shape index (κ2) is 7.50. The molecule has 2 aromatic rings.